The van der Waals surface area contributed by atoms with E-state index in [9.17, 15) is 22.4 Å². The van der Waals surface area contributed by atoms with Crippen LogP contribution in [0, 0.1) is 5.82 Å². The smallest absolute Gasteiger partial charge is 0.244 e. The van der Waals surface area contributed by atoms with Gasteiger partial charge in [-0.05, 0) is 61.7 Å². The van der Waals surface area contributed by atoms with E-state index in [1.165, 1.54) is 24.1 Å². The number of carbonyl (C=O) groups is 2. The highest BCUT2D eigenvalue weighted by Crippen LogP contribution is 2.23. The number of halogens is 1. The Labute approximate surface area is 212 Å². The van der Waals surface area contributed by atoms with Crippen LogP contribution in [0.3, 0.4) is 0 Å². The van der Waals surface area contributed by atoms with Crippen LogP contribution in [0.15, 0.2) is 48.5 Å². The molecular weight excluding hydrogens is 485 g/mol. The van der Waals surface area contributed by atoms with E-state index < -0.39 is 34.3 Å². The molecule has 8 nitrogen and oxygen atoms in total. The average molecular weight is 520 g/mol. The molecule has 196 valence electrons. The molecule has 1 aliphatic rings. The molecule has 0 unspecified atom stereocenters. The predicted octanol–water partition coefficient (Wildman–Crippen LogP) is 3.47. The molecule has 0 saturated heterocycles. The van der Waals surface area contributed by atoms with E-state index in [4.69, 9.17) is 4.74 Å². The van der Waals surface area contributed by atoms with Crippen molar-refractivity contribution in [3.8, 4) is 5.75 Å². The van der Waals surface area contributed by atoms with Gasteiger partial charge >= 0.3 is 0 Å². The number of rotatable bonds is 10. The Morgan fingerprint density at radius 1 is 1.06 bits per heavy atom. The maximum Gasteiger partial charge on any atom is 0.244 e. The van der Waals surface area contributed by atoms with Gasteiger partial charge < -0.3 is 15.0 Å². The number of ether oxygens (including phenoxy) is 1. The second kappa shape index (κ2) is 12.2. The Hall–Kier alpha value is -3.14. The molecule has 36 heavy (non-hydrogen) atoms. The number of amides is 2. The van der Waals surface area contributed by atoms with E-state index >= 15 is 0 Å². The maximum atomic E-state index is 13.5. The number of benzene rings is 2. The van der Waals surface area contributed by atoms with Crippen LogP contribution in [0.2, 0.25) is 0 Å². The molecule has 1 fully saturated rings. The summed E-state index contributed by atoms with van der Waals surface area (Å²) in [5.74, 6) is -0.716. The van der Waals surface area contributed by atoms with Crippen molar-refractivity contribution in [1.29, 1.82) is 0 Å². The first-order chi connectivity index (χ1) is 17.1. The monoisotopic (exact) mass is 519 g/mol. The van der Waals surface area contributed by atoms with Gasteiger partial charge in [-0.1, -0.05) is 31.4 Å². The topological polar surface area (TPSA) is 96.0 Å². The summed E-state index contributed by atoms with van der Waals surface area (Å²) >= 11 is 0. The Balaban J connectivity index is 1.85. The van der Waals surface area contributed by atoms with E-state index in [0.29, 0.717) is 17.0 Å². The number of carbonyl (C=O) groups excluding carboxylic acids is 2. The predicted molar refractivity (Wildman–Crippen MR) is 137 cm³/mol. The highest BCUT2D eigenvalue weighted by atomic mass is 32.2. The molecular formula is C26H34FN3O5S. The van der Waals surface area contributed by atoms with Crippen LogP contribution in [-0.2, 0) is 26.2 Å². The fourth-order valence-electron chi connectivity index (χ4n) is 4.30. The quantitative estimate of drug-likeness (QED) is 0.519. The van der Waals surface area contributed by atoms with Crippen molar-refractivity contribution in [2.24, 2.45) is 0 Å². The highest BCUT2D eigenvalue weighted by molar-refractivity contribution is 7.92. The molecule has 2 amide bonds. The molecule has 3 rings (SSSR count). The lowest BCUT2D eigenvalue weighted by molar-refractivity contribution is -0.139. The van der Waals surface area contributed by atoms with Gasteiger partial charge in [0.05, 0.1) is 19.1 Å². The zero-order valence-corrected chi connectivity index (χ0v) is 21.8. The summed E-state index contributed by atoms with van der Waals surface area (Å²) in [5, 5.41) is 3.04. The molecule has 0 bridgehead atoms. The second-order valence-corrected chi connectivity index (χ2v) is 11.0. The van der Waals surface area contributed by atoms with Crippen LogP contribution in [0.25, 0.3) is 0 Å². The van der Waals surface area contributed by atoms with Crippen molar-refractivity contribution in [1.82, 2.24) is 10.2 Å². The van der Waals surface area contributed by atoms with Gasteiger partial charge in [0.25, 0.3) is 0 Å². The molecule has 0 heterocycles. The van der Waals surface area contributed by atoms with Gasteiger partial charge in [0.1, 0.15) is 24.2 Å². The minimum Gasteiger partial charge on any atom is -0.497 e. The summed E-state index contributed by atoms with van der Waals surface area (Å²) in [5.41, 5.74) is 0.921. The van der Waals surface area contributed by atoms with Crippen molar-refractivity contribution >= 4 is 27.5 Å². The number of hydrogen-bond donors (Lipinski definition) is 1. The third kappa shape index (κ3) is 7.43. The van der Waals surface area contributed by atoms with E-state index in [-0.39, 0.29) is 18.5 Å². The van der Waals surface area contributed by atoms with E-state index in [0.717, 1.165) is 42.7 Å². The first-order valence-corrected chi connectivity index (χ1v) is 13.9. The van der Waals surface area contributed by atoms with Crippen LogP contribution in [0.4, 0.5) is 10.1 Å². The molecule has 2 aromatic carbocycles. The van der Waals surface area contributed by atoms with E-state index in [2.05, 4.69) is 5.32 Å². The Morgan fingerprint density at radius 3 is 2.22 bits per heavy atom. The van der Waals surface area contributed by atoms with Gasteiger partial charge in [0, 0.05) is 12.6 Å². The number of hydrogen-bond acceptors (Lipinski definition) is 5. The van der Waals surface area contributed by atoms with E-state index in [1.807, 2.05) is 0 Å². The maximum absolute atomic E-state index is 13.5. The molecule has 1 atom stereocenters. The first kappa shape index (κ1) is 27.4. The number of anilines is 1. The number of nitrogens with one attached hydrogen (secondary N) is 1. The SMILES string of the molecule is COc1ccc(N(CC(=O)N(Cc2ccc(F)cc2)[C@@H](C)C(=O)NC2CCCCC2)S(C)(=O)=O)cc1. The summed E-state index contributed by atoms with van der Waals surface area (Å²) < 4.78 is 44.8. The van der Waals surface area contributed by atoms with Crippen LogP contribution in [-0.4, -0.2) is 57.1 Å². The van der Waals surface area contributed by atoms with E-state index in [1.54, 1.807) is 43.3 Å². The van der Waals surface area contributed by atoms with Gasteiger partial charge in [0.15, 0.2) is 0 Å². The van der Waals surface area contributed by atoms with Gasteiger partial charge in [0.2, 0.25) is 21.8 Å². The molecule has 0 spiro atoms. The van der Waals surface area contributed by atoms with Crippen LogP contribution in [0.5, 0.6) is 5.75 Å². The fourth-order valence-corrected chi connectivity index (χ4v) is 5.15. The molecule has 1 aliphatic carbocycles. The number of methoxy groups -OCH3 is 1. The lowest BCUT2D eigenvalue weighted by atomic mass is 9.95. The normalized spacial score (nSPS) is 15.1. The summed E-state index contributed by atoms with van der Waals surface area (Å²) in [6.07, 6.45) is 6.04. The molecule has 1 N–H and O–H groups in total. The molecule has 0 aromatic heterocycles. The lowest BCUT2D eigenvalue weighted by Gasteiger charge is -2.33. The van der Waals surface area contributed by atoms with Crippen molar-refractivity contribution in [3.05, 3.63) is 59.9 Å². The van der Waals surface area contributed by atoms with Gasteiger partial charge in [-0.15, -0.1) is 0 Å². The Morgan fingerprint density at radius 2 is 1.67 bits per heavy atom. The second-order valence-electron chi connectivity index (χ2n) is 9.14. The van der Waals surface area contributed by atoms with Gasteiger partial charge in [-0.2, -0.15) is 0 Å². The molecule has 10 heteroatoms. The molecule has 1 saturated carbocycles. The number of nitrogens with zero attached hydrogens (tertiary/aromatic N) is 2. The largest absolute Gasteiger partial charge is 0.497 e. The standard InChI is InChI=1S/C26H34FN3O5S/c1-19(26(32)28-22-7-5-4-6-8-22)29(17-20-9-11-21(27)12-10-20)25(31)18-30(36(3,33)34)23-13-15-24(35-2)16-14-23/h9-16,19,22H,4-8,17-18H2,1-3H3,(H,28,32)/t19-/m0/s1. The summed E-state index contributed by atoms with van der Waals surface area (Å²) in [7, 11) is -2.32. The van der Waals surface area contributed by atoms with Crippen molar-refractivity contribution in [2.75, 3.05) is 24.2 Å². The zero-order chi connectivity index (χ0) is 26.3. The first-order valence-electron chi connectivity index (χ1n) is 12.0. The third-order valence-electron chi connectivity index (χ3n) is 6.42. The van der Waals surface area contributed by atoms with Crippen molar-refractivity contribution in [2.45, 2.75) is 57.7 Å². The van der Waals surface area contributed by atoms with Crippen LogP contribution < -0.4 is 14.4 Å². The van der Waals surface area contributed by atoms with Crippen molar-refractivity contribution in [3.63, 3.8) is 0 Å². The molecule has 2 aromatic rings. The van der Waals surface area contributed by atoms with Crippen LogP contribution >= 0.6 is 0 Å². The zero-order valence-electron chi connectivity index (χ0n) is 20.9. The third-order valence-corrected chi connectivity index (χ3v) is 7.57. The highest BCUT2D eigenvalue weighted by Gasteiger charge is 2.31. The Bertz CT molecular complexity index is 1130. The minimum atomic E-state index is -3.82. The van der Waals surface area contributed by atoms with Gasteiger partial charge in [-0.3, -0.25) is 13.9 Å². The summed E-state index contributed by atoms with van der Waals surface area (Å²) in [6, 6.07) is 11.2. The fraction of sp³-hybridized carbons (Fsp3) is 0.462. The Kier molecular flexibility index (Phi) is 9.31. The lowest BCUT2D eigenvalue weighted by Crippen LogP contribution is -2.52. The summed E-state index contributed by atoms with van der Waals surface area (Å²) in [4.78, 5) is 28.0. The average Bonchev–Trinajstić information content (AvgIpc) is 2.86. The molecule has 0 aliphatic heterocycles. The molecule has 0 radical (unpaired) electrons. The van der Waals surface area contributed by atoms with Crippen molar-refractivity contribution < 1.29 is 27.1 Å². The van der Waals surface area contributed by atoms with Crippen LogP contribution in [0.1, 0.15) is 44.6 Å². The number of sulfonamides is 1. The summed E-state index contributed by atoms with van der Waals surface area (Å²) in [6.45, 7) is 1.16. The van der Waals surface area contributed by atoms with Gasteiger partial charge in [-0.25, -0.2) is 12.8 Å². The minimum absolute atomic E-state index is 0.0264.